The lowest BCUT2D eigenvalue weighted by molar-refractivity contribution is 0.103. The van der Waals surface area contributed by atoms with E-state index in [1.165, 1.54) is 49.1 Å². The van der Waals surface area contributed by atoms with Gasteiger partial charge in [0.1, 0.15) is 11.5 Å². The molecule has 0 fully saturated rings. The number of fused-ring (bicyclic) bond motifs is 2. The standard InChI is InChI=1S/C48H56N4O8/c1-7-9-19-57-43-21-37-39(23-45(43)59-29-31(3)4)51-27-34(48(56)36-16-12-14-18-42(36)54)28-52-40-24-46(60-30-32(5)6)44(58-20-10-8-2)22-38(40)50-26-33(25-49-37)47(55)35-15-11-13-17-41(35)53/h11-18,21-28,31-32,49,52-54H,7-10,19-20,29-30H2,1-6H3/b33-25+,34-28+,50-26?,51-27?. The second-order valence-corrected chi connectivity index (χ2v) is 15.1. The van der Waals surface area contributed by atoms with Crippen molar-refractivity contribution in [3.8, 4) is 34.5 Å². The monoisotopic (exact) mass is 816 g/mol. The summed E-state index contributed by atoms with van der Waals surface area (Å²) in [5.74, 6) is 0.871. The van der Waals surface area contributed by atoms with Gasteiger partial charge in [-0.3, -0.25) is 19.6 Å². The van der Waals surface area contributed by atoms with Gasteiger partial charge in [-0.2, -0.15) is 0 Å². The van der Waals surface area contributed by atoms with Crippen molar-refractivity contribution >= 4 is 46.7 Å². The zero-order chi connectivity index (χ0) is 43.0. The minimum atomic E-state index is -0.502. The first-order valence-electron chi connectivity index (χ1n) is 20.5. The molecule has 1 aliphatic rings. The topological polar surface area (TPSA) is 160 Å². The van der Waals surface area contributed by atoms with E-state index in [2.05, 4.69) is 24.5 Å². The Morgan fingerprint density at radius 2 is 0.967 bits per heavy atom. The fourth-order valence-electron chi connectivity index (χ4n) is 5.71. The summed E-state index contributed by atoms with van der Waals surface area (Å²) < 4.78 is 24.9. The number of hydrogen-bond donors (Lipinski definition) is 4. The second kappa shape index (κ2) is 22.0. The van der Waals surface area contributed by atoms with Gasteiger partial charge >= 0.3 is 0 Å². The number of benzene rings is 4. The molecular formula is C48H56N4O8. The zero-order valence-corrected chi connectivity index (χ0v) is 35.3. The lowest BCUT2D eigenvalue weighted by Gasteiger charge is -2.18. The SMILES string of the molecule is CCCCOc1cc2c(cc1OCC(C)C)N=C/C(C(=O)c1ccccc1O)=C\Nc1cc(OCC(C)C)c(OCCCC)cc1N=C/C(C(=O)c1ccccc1O)=C\N2. The highest BCUT2D eigenvalue weighted by Crippen LogP contribution is 2.41. The molecule has 12 heteroatoms. The molecule has 1 heterocycles. The van der Waals surface area contributed by atoms with Crippen LogP contribution in [0.3, 0.4) is 0 Å². The molecule has 0 radical (unpaired) electrons. The van der Waals surface area contributed by atoms with Gasteiger partial charge in [-0.25, -0.2) is 0 Å². The molecule has 0 saturated carbocycles. The predicted octanol–water partition coefficient (Wildman–Crippen LogP) is 11.0. The molecule has 1 aliphatic heterocycles. The molecule has 0 atom stereocenters. The molecule has 0 aromatic heterocycles. The van der Waals surface area contributed by atoms with Gasteiger partial charge in [-0.15, -0.1) is 0 Å². The van der Waals surface area contributed by atoms with Gasteiger partial charge in [-0.05, 0) is 48.9 Å². The van der Waals surface area contributed by atoms with Crippen molar-refractivity contribution in [2.24, 2.45) is 21.8 Å². The first-order valence-corrected chi connectivity index (χ1v) is 20.5. The molecule has 0 saturated heterocycles. The Hall–Kier alpha value is -6.56. The van der Waals surface area contributed by atoms with Crippen LogP contribution in [0, 0.1) is 11.8 Å². The van der Waals surface area contributed by atoms with Gasteiger partial charge in [0.25, 0.3) is 0 Å². The van der Waals surface area contributed by atoms with Crippen LogP contribution in [0.1, 0.15) is 87.9 Å². The Bertz CT molecular complexity index is 2240. The molecule has 0 bridgehead atoms. The van der Waals surface area contributed by atoms with Gasteiger partial charge in [0.05, 0.1) is 71.5 Å². The maximum absolute atomic E-state index is 14.2. The highest BCUT2D eigenvalue weighted by atomic mass is 16.5. The van der Waals surface area contributed by atoms with E-state index >= 15 is 0 Å². The van der Waals surface area contributed by atoms with Gasteiger partial charge < -0.3 is 39.8 Å². The average molecular weight is 817 g/mol. The number of aromatic hydroxyl groups is 2. The number of hydrogen-bond acceptors (Lipinski definition) is 12. The summed E-state index contributed by atoms with van der Waals surface area (Å²) >= 11 is 0. The number of phenolic OH excluding ortho intramolecular Hbond substituents is 2. The Balaban J connectivity index is 1.76. The minimum Gasteiger partial charge on any atom is -0.507 e. The number of allylic oxidation sites excluding steroid dienone is 2. The second-order valence-electron chi connectivity index (χ2n) is 15.1. The van der Waals surface area contributed by atoms with Crippen LogP contribution in [0.15, 0.2) is 106 Å². The molecule has 0 unspecified atom stereocenters. The number of para-hydroxylation sites is 2. The average Bonchev–Trinajstić information content (AvgIpc) is 3.23. The highest BCUT2D eigenvalue weighted by molar-refractivity contribution is 6.23. The predicted molar refractivity (Wildman–Crippen MR) is 239 cm³/mol. The van der Waals surface area contributed by atoms with E-state index < -0.39 is 11.6 Å². The number of anilines is 2. The van der Waals surface area contributed by atoms with Crippen molar-refractivity contribution in [3.05, 3.63) is 107 Å². The van der Waals surface area contributed by atoms with Gasteiger partial charge in [-0.1, -0.05) is 78.6 Å². The molecule has 12 nitrogen and oxygen atoms in total. The Labute approximate surface area is 352 Å². The van der Waals surface area contributed by atoms with Gasteiger partial charge in [0.15, 0.2) is 34.6 Å². The van der Waals surface area contributed by atoms with Crippen LogP contribution in [-0.2, 0) is 0 Å². The lowest BCUT2D eigenvalue weighted by atomic mass is 10.0. The molecule has 4 N–H and O–H groups in total. The van der Waals surface area contributed by atoms with Gasteiger partial charge in [0, 0.05) is 49.1 Å². The molecule has 0 amide bonds. The molecule has 60 heavy (non-hydrogen) atoms. The van der Waals surface area contributed by atoms with Crippen LogP contribution >= 0.6 is 0 Å². The van der Waals surface area contributed by atoms with Crippen LogP contribution in [0.2, 0.25) is 0 Å². The van der Waals surface area contributed by atoms with E-state index in [4.69, 9.17) is 28.9 Å². The number of aliphatic imine (C=N–C) groups is 2. The van der Waals surface area contributed by atoms with Gasteiger partial charge in [0.2, 0.25) is 0 Å². The van der Waals surface area contributed by atoms with Crippen LogP contribution in [0.5, 0.6) is 34.5 Å². The number of unbranched alkanes of at least 4 members (excludes halogenated alkanes) is 2. The normalized spacial score (nSPS) is 14.3. The van der Waals surface area contributed by atoms with E-state index in [0.717, 1.165) is 25.7 Å². The van der Waals surface area contributed by atoms with E-state index in [9.17, 15) is 19.8 Å². The van der Waals surface area contributed by atoms with Crippen molar-refractivity contribution in [2.45, 2.75) is 67.2 Å². The van der Waals surface area contributed by atoms with Crippen molar-refractivity contribution < 1.29 is 38.7 Å². The minimum absolute atomic E-state index is 0.0752. The summed E-state index contributed by atoms with van der Waals surface area (Å²) in [4.78, 5) is 38.0. The molecule has 4 aromatic rings. The van der Waals surface area contributed by atoms with Crippen LogP contribution < -0.4 is 29.6 Å². The zero-order valence-electron chi connectivity index (χ0n) is 35.3. The number of nitrogens with zero attached hydrogens (tertiary/aromatic N) is 2. The Morgan fingerprint density at radius 1 is 0.583 bits per heavy atom. The largest absolute Gasteiger partial charge is 0.507 e. The number of carbonyl (C=O) groups is 2. The smallest absolute Gasteiger partial charge is 0.199 e. The summed E-state index contributed by atoms with van der Waals surface area (Å²) in [7, 11) is 0. The number of ether oxygens (including phenoxy) is 4. The van der Waals surface area contributed by atoms with Crippen molar-refractivity contribution in [1.82, 2.24) is 0 Å². The first kappa shape index (κ1) is 44.5. The van der Waals surface area contributed by atoms with E-state index in [1.54, 1.807) is 48.5 Å². The quantitative estimate of drug-likeness (QED) is 0.0562. The third kappa shape index (κ3) is 12.2. The van der Waals surface area contributed by atoms with Crippen molar-refractivity contribution in [2.75, 3.05) is 37.1 Å². The third-order valence-electron chi connectivity index (χ3n) is 9.05. The fraction of sp³-hybridized carbons (Fsp3) is 0.333. The van der Waals surface area contributed by atoms with Crippen LogP contribution in [0.4, 0.5) is 22.7 Å². The van der Waals surface area contributed by atoms with Crippen LogP contribution in [-0.4, -0.2) is 60.6 Å². The van der Waals surface area contributed by atoms with E-state index in [0.29, 0.717) is 72.2 Å². The maximum Gasteiger partial charge on any atom is 0.199 e. The molecule has 5 rings (SSSR count). The number of rotatable bonds is 18. The molecular weight excluding hydrogens is 761 g/mol. The summed E-state index contributed by atoms with van der Waals surface area (Å²) in [6, 6.07) is 19.5. The van der Waals surface area contributed by atoms with E-state index in [1.807, 2.05) is 27.7 Å². The summed E-state index contributed by atoms with van der Waals surface area (Å²) in [6.07, 6.45) is 9.24. The first-order chi connectivity index (χ1) is 29.0. The lowest BCUT2D eigenvalue weighted by Crippen LogP contribution is -2.10. The number of nitrogens with one attached hydrogen (secondary N) is 2. The molecule has 4 aromatic carbocycles. The molecule has 0 aliphatic carbocycles. The fourth-order valence-corrected chi connectivity index (χ4v) is 5.71. The Morgan fingerprint density at radius 3 is 1.37 bits per heavy atom. The number of Topliss-reactive ketones (excluding diaryl/α,β-unsaturated/α-hetero) is 2. The maximum atomic E-state index is 14.2. The molecule has 0 spiro atoms. The van der Waals surface area contributed by atoms with E-state index in [-0.39, 0.29) is 45.6 Å². The van der Waals surface area contributed by atoms with Crippen LogP contribution in [0.25, 0.3) is 0 Å². The van der Waals surface area contributed by atoms with Crippen molar-refractivity contribution in [3.63, 3.8) is 0 Å². The number of phenols is 2. The summed E-state index contributed by atoms with van der Waals surface area (Å²) in [5, 5.41) is 28.0. The number of carbonyl (C=O) groups excluding carboxylic acids is 2. The van der Waals surface area contributed by atoms with Crippen molar-refractivity contribution in [1.29, 1.82) is 0 Å². The Kier molecular flexibility index (Phi) is 16.3. The summed E-state index contributed by atoms with van der Waals surface area (Å²) in [5.41, 5.74) is 1.90. The number of ketones is 2. The molecule has 316 valence electrons. The highest BCUT2D eigenvalue weighted by Gasteiger charge is 2.21. The summed E-state index contributed by atoms with van der Waals surface area (Å²) in [6.45, 7) is 14.0. The third-order valence-corrected chi connectivity index (χ3v) is 9.05.